The minimum Gasteiger partial charge on any atom is -0.497 e. The van der Waals surface area contributed by atoms with Crippen LogP contribution in [0.5, 0.6) is 17.2 Å². The highest BCUT2D eigenvalue weighted by atomic mass is 16.5. The van der Waals surface area contributed by atoms with E-state index in [1.54, 1.807) is 36.3 Å². The molecule has 0 saturated carbocycles. The number of nitrogens with zero attached hydrogens (tertiary/aromatic N) is 3. The summed E-state index contributed by atoms with van der Waals surface area (Å²) in [5, 5.41) is 2.91. The van der Waals surface area contributed by atoms with Gasteiger partial charge < -0.3 is 29.2 Å². The maximum atomic E-state index is 13.9. The summed E-state index contributed by atoms with van der Waals surface area (Å²) < 4.78 is 13.5. The van der Waals surface area contributed by atoms with E-state index in [4.69, 9.17) is 9.47 Å². The number of aromatic nitrogens is 1. The average molecular weight is 539 g/mol. The number of para-hydroxylation sites is 1. The number of anilines is 1. The zero-order chi connectivity index (χ0) is 28.1. The van der Waals surface area contributed by atoms with Crippen molar-refractivity contribution in [3.05, 3.63) is 108 Å². The molecule has 1 unspecified atom stereocenters. The SMILES string of the molecule is COc1ccc(NC(=O)N(CC(=O)N2CCn3cccc3C2c2cccc(Oc3ccccc3)c2)C(C)C)cc1. The number of urea groups is 1. The van der Waals surface area contributed by atoms with Crippen LogP contribution in [-0.4, -0.2) is 52.5 Å². The molecule has 8 nitrogen and oxygen atoms in total. The van der Waals surface area contributed by atoms with Crippen molar-refractivity contribution in [3.8, 4) is 17.2 Å². The van der Waals surface area contributed by atoms with E-state index in [0.29, 0.717) is 30.3 Å². The highest BCUT2D eigenvalue weighted by Crippen LogP contribution is 2.35. The molecule has 1 aromatic heterocycles. The van der Waals surface area contributed by atoms with E-state index >= 15 is 0 Å². The van der Waals surface area contributed by atoms with E-state index in [9.17, 15) is 9.59 Å². The molecular formula is C32H34N4O4. The van der Waals surface area contributed by atoms with Gasteiger partial charge in [0.05, 0.1) is 13.2 Å². The maximum absolute atomic E-state index is 13.9. The molecule has 0 aliphatic carbocycles. The number of benzene rings is 3. The van der Waals surface area contributed by atoms with Crippen molar-refractivity contribution in [2.24, 2.45) is 0 Å². The van der Waals surface area contributed by atoms with E-state index in [2.05, 4.69) is 9.88 Å². The summed E-state index contributed by atoms with van der Waals surface area (Å²) in [5.74, 6) is 2.02. The van der Waals surface area contributed by atoms with Gasteiger partial charge in [-0.15, -0.1) is 0 Å². The predicted octanol–water partition coefficient (Wildman–Crippen LogP) is 6.16. The summed E-state index contributed by atoms with van der Waals surface area (Å²) in [6.45, 7) is 4.98. The van der Waals surface area contributed by atoms with Gasteiger partial charge in [-0.05, 0) is 80.1 Å². The molecule has 3 aromatic carbocycles. The fourth-order valence-corrected chi connectivity index (χ4v) is 4.97. The average Bonchev–Trinajstić information content (AvgIpc) is 3.45. The van der Waals surface area contributed by atoms with Gasteiger partial charge in [0, 0.05) is 36.7 Å². The van der Waals surface area contributed by atoms with Gasteiger partial charge >= 0.3 is 6.03 Å². The molecule has 1 atom stereocenters. The molecular weight excluding hydrogens is 504 g/mol. The number of hydrogen-bond donors (Lipinski definition) is 1. The first-order valence-corrected chi connectivity index (χ1v) is 13.4. The molecule has 40 heavy (non-hydrogen) atoms. The molecule has 1 N–H and O–H groups in total. The monoisotopic (exact) mass is 538 g/mol. The van der Waals surface area contributed by atoms with Crippen LogP contribution < -0.4 is 14.8 Å². The lowest BCUT2D eigenvalue weighted by atomic mass is 9.99. The number of ether oxygens (including phenoxy) is 2. The fourth-order valence-electron chi connectivity index (χ4n) is 4.97. The molecule has 2 heterocycles. The predicted molar refractivity (Wildman–Crippen MR) is 155 cm³/mol. The topological polar surface area (TPSA) is 76.0 Å². The smallest absolute Gasteiger partial charge is 0.322 e. The highest BCUT2D eigenvalue weighted by molar-refractivity contribution is 5.92. The highest BCUT2D eigenvalue weighted by Gasteiger charge is 2.34. The van der Waals surface area contributed by atoms with E-state index in [1.807, 2.05) is 91.7 Å². The van der Waals surface area contributed by atoms with Crippen molar-refractivity contribution < 1.29 is 19.1 Å². The van der Waals surface area contributed by atoms with Gasteiger partial charge in [-0.1, -0.05) is 30.3 Å². The number of rotatable bonds is 8. The first-order valence-electron chi connectivity index (χ1n) is 13.4. The number of hydrogen-bond acceptors (Lipinski definition) is 4. The zero-order valence-corrected chi connectivity index (χ0v) is 23.0. The van der Waals surface area contributed by atoms with E-state index < -0.39 is 0 Å². The summed E-state index contributed by atoms with van der Waals surface area (Å²) in [4.78, 5) is 30.6. The Morgan fingerprint density at radius 2 is 1.65 bits per heavy atom. The van der Waals surface area contributed by atoms with Crippen LogP contribution in [-0.2, 0) is 11.3 Å². The normalized spacial score (nSPS) is 14.4. The lowest BCUT2D eigenvalue weighted by Gasteiger charge is -2.39. The van der Waals surface area contributed by atoms with Gasteiger partial charge in [0.15, 0.2) is 0 Å². The van der Waals surface area contributed by atoms with Crippen molar-refractivity contribution in [2.45, 2.75) is 32.5 Å². The second kappa shape index (κ2) is 12.0. The van der Waals surface area contributed by atoms with Crippen molar-refractivity contribution in [1.82, 2.24) is 14.4 Å². The Bertz CT molecular complexity index is 1450. The third kappa shape index (κ3) is 5.96. The second-order valence-corrected chi connectivity index (χ2v) is 9.98. The zero-order valence-electron chi connectivity index (χ0n) is 23.0. The van der Waals surface area contributed by atoms with E-state index in [1.165, 1.54) is 0 Å². The Morgan fingerprint density at radius 3 is 2.38 bits per heavy atom. The van der Waals surface area contributed by atoms with Crippen LogP contribution in [0.2, 0.25) is 0 Å². The molecule has 4 aromatic rings. The molecule has 1 aliphatic heterocycles. The Labute approximate surface area is 234 Å². The molecule has 5 rings (SSSR count). The Morgan fingerprint density at radius 1 is 0.900 bits per heavy atom. The number of carbonyl (C=O) groups is 2. The molecule has 1 aliphatic rings. The van der Waals surface area contributed by atoms with Gasteiger partial charge in [0.25, 0.3) is 0 Å². The second-order valence-electron chi connectivity index (χ2n) is 9.98. The van der Waals surface area contributed by atoms with Crippen molar-refractivity contribution >= 4 is 17.6 Å². The largest absolute Gasteiger partial charge is 0.497 e. The number of fused-ring (bicyclic) bond motifs is 1. The molecule has 0 spiro atoms. The summed E-state index contributed by atoms with van der Waals surface area (Å²) >= 11 is 0. The van der Waals surface area contributed by atoms with Gasteiger partial charge in [-0.2, -0.15) is 0 Å². The first kappa shape index (κ1) is 26.9. The Kier molecular flexibility index (Phi) is 8.05. The molecule has 8 heteroatoms. The standard InChI is InChI=1S/C32H34N4O4/c1-23(2)36(32(38)33-25-14-16-26(39-3)17-15-25)22-30(37)35-20-19-34-18-8-13-29(34)31(35)24-9-7-12-28(21-24)40-27-10-5-4-6-11-27/h4-18,21,23,31H,19-20,22H2,1-3H3,(H,33,38). The number of carbonyl (C=O) groups excluding carboxylic acids is 2. The lowest BCUT2D eigenvalue weighted by Crippen LogP contribution is -2.50. The van der Waals surface area contributed by atoms with Crippen molar-refractivity contribution in [3.63, 3.8) is 0 Å². The Balaban J connectivity index is 1.37. The summed E-state index contributed by atoms with van der Waals surface area (Å²) in [7, 11) is 1.59. The summed E-state index contributed by atoms with van der Waals surface area (Å²) in [6.07, 6.45) is 2.04. The van der Waals surface area contributed by atoms with Crippen LogP contribution in [0.15, 0.2) is 97.2 Å². The molecule has 3 amide bonds. The molecule has 0 saturated heterocycles. The minimum absolute atomic E-state index is 0.0446. The van der Waals surface area contributed by atoms with Gasteiger partial charge in [0.2, 0.25) is 5.91 Å². The number of nitrogens with one attached hydrogen (secondary N) is 1. The third-order valence-electron chi connectivity index (χ3n) is 7.04. The molecule has 0 radical (unpaired) electrons. The fraction of sp³-hybridized carbons (Fsp3) is 0.250. The Hall–Kier alpha value is -4.72. The van der Waals surface area contributed by atoms with Gasteiger partial charge in [0.1, 0.15) is 23.8 Å². The van der Waals surface area contributed by atoms with Crippen LogP contribution in [0, 0.1) is 0 Å². The minimum atomic E-state index is -0.330. The quantitative estimate of drug-likeness (QED) is 0.291. The van der Waals surface area contributed by atoms with Crippen LogP contribution in [0.4, 0.5) is 10.5 Å². The lowest BCUT2D eigenvalue weighted by molar-refractivity contribution is -0.134. The van der Waals surface area contributed by atoms with Crippen LogP contribution in [0.3, 0.4) is 0 Å². The van der Waals surface area contributed by atoms with Crippen molar-refractivity contribution in [2.75, 3.05) is 25.5 Å². The summed E-state index contributed by atoms with van der Waals surface area (Å²) in [6, 6.07) is 27.8. The van der Waals surface area contributed by atoms with Gasteiger partial charge in [-0.3, -0.25) is 4.79 Å². The van der Waals surface area contributed by atoms with Crippen LogP contribution >= 0.6 is 0 Å². The third-order valence-corrected chi connectivity index (χ3v) is 7.04. The summed E-state index contributed by atoms with van der Waals surface area (Å²) in [5.41, 5.74) is 2.60. The van der Waals surface area contributed by atoms with Crippen molar-refractivity contribution in [1.29, 1.82) is 0 Å². The van der Waals surface area contributed by atoms with E-state index in [-0.39, 0.29) is 30.6 Å². The molecule has 0 bridgehead atoms. The maximum Gasteiger partial charge on any atom is 0.322 e. The first-order chi connectivity index (χ1) is 19.4. The molecule has 206 valence electrons. The number of amides is 3. The van der Waals surface area contributed by atoms with Gasteiger partial charge in [-0.25, -0.2) is 4.79 Å². The van der Waals surface area contributed by atoms with E-state index in [0.717, 1.165) is 17.0 Å². The van der Waals surface area contributed by atoms with Crippen LogP contribution in [0.1, 0.15) is 31.1 Å². The van der Waals surface area contributed by atoms with Crippen LogP contribution in [0.25, 0.3) is 0 Å². The molecule has 0 fully saturated rings. The number of methoxy groups -OCH3 is 1.